The zero-order valence-corrected chi connectivity index (χ0v) is 9.13. The summed E-state index contributed by atoms with van der Waals surface area (Å²) in [7, 11) is 0. The molecule has 0 fully saturated rings. The molecule has 1 aromatic rings. The van der Waals surface area contributed by atoms with Crippen LogP contribution in [0.15, 0.2) is 54.6 Å². The van der Waals surface area contributed by atoms with Crippen LogP contribution in [0.5, 0.6) is 0 Å². The molecule has 0 atom stereocenters. The van der Waals surface area contributed by atoms with Crippen molar-refractivity contribution < 1.29 is 19.4 Å². The van der Waals surface area contributed by atoms with Gasteiger partial charge in [-0.1, -0.05) is 36.9 Å². The summed E-state index contributed by atoms with van der Waals surface area (Å²) in [5, 5.41) is 8.37. The van der Waals surface area contributed by atoms with Crippen molar-refractivity contribution in [2.45, 2.75) is 6.61 Å². The van der Waals surface area contributed by atoms with E-state index in [2.05, 4.69) is 6.58 Å². The first-order chi connectivity index (χ1) is 8.09. The highest BCUT2D eigenvalue weighted by Crippen LogP contribution is 2.04. The number of rotatable bonds is 5. The molecule has 0 spiro atoms. The van der Waals surface area contributed by atoms with Crippen LogP contribution in [0.1, 0.15) is 5.56 Å². The lowest BCUT2D eigenvalue weighted by Gasteiger charge is -2.04. The average Bonchev–Trinajstić information content (AvgIpc) is 2.34. The van der Waals surface area contributed by atoms with Gasteiger partial charge in [0.1, 0.15) is 6.61 Å². The van der Waals surface area contributed by atoms with Gasteiger partial charge in [-0.05, 0) is 11.6 Å². The first-order valence-electron chi connectivity index (χ1n) is 4.90. The molecule has 0 aliphatic carbocycles. The van der Waals surface area contributed by atoms with Crippen LogP contribution in [0, 0.1) is 0 Å². The molecule has 0 saturated heterocycles. The van der Waals surface area contributed by atoms with Gasteiger partial charge in [0.2, 0.25) is 0 Å². The second kappa shape index (κ2) is 6.27. The highest BCUT2D eigenvalue weighted by Gasteiger charge is 2.05. The Labute approximate surface area is 98.8 Å². The van der Waals surface area contributed by atoms with Crippen LogP contribution in [-0.4, -0.2) is 17.0 Å². The Hall–Kier alpha value is -2.36. The van der Waals surface area contributed by atoms with Gasteiger partial charge in [0, 0.05) is 6.08 Å². The van der Waals surface area contributed by atoms with Gasteiger partial charge in [-0.2, -0.15) is 0 Å². The van der Waals surface area contributed by atoms with Crippen LogP contribution in [0.4, 0.5) is 0 Å². The van der Waals surface area contributed by atoms with Crippen LogP contribution in [0.25, 0.3) is 0 Å². The Morgan fingerprint density at radius 1 is 1.24 bits per heavy atom. The number of carbonyl (C=O) groups excluding carboxylic acids is 1. The number of ether oxygens (including phenoxy) is 1. The van der Waals surface area contributed by atoms with Crippen LogP contribution in [-0.2, 0) is 20.9 Å². The molecule has 0 bridgehead atoms. The highest BCUT2D eigenvalue weighted by molar-refractivity contribution is 5.93. The van der Waals surface area contributed by atoms with Crippen LogP contribution in [0.3, 0.4) is 0 Å². The number of carboxylic acids is 1. The predicted octanol–water partition coefficient (Wildman–Crippen LogP) is 1.93. The summed E-state index contributed by atoms with van der Waals surface area (Å²) in [6, 6.07) is 9.18. The van der Waals surface area contributed by atoms with E-state index in [0.29, 0.717) is 0 Å². The molecule has 0 heterocycles. The molecule has 4 nitrogen and oxygen atoms in total. The number of carbonyl (C=O) groups is 2. The van der Waals surface area contributed by atoms with Gasteiger partial charge in [0.15, 0.2) is 0 Å². The van der Waals surface area contributed by atoms with Crippen molar-refractivity contribution in [1.82, 2.24) is 0 Å². The lowest BCUT2D eigenvalue weighted by Crippen LogP contribution is -2.06. The van der Waals surface area contributed by atoms with E-state index in [1.54, 1.807) is 0 Å². The Morgan fingerprint density at radius 3 is 2.47 bits per heavy atom. The molecule has 0 amide bonds. The predicted molar refractivity (Wildman–Crippen MR) is 62.2 cm³/mol. The summed E-state index contributed by atoms with van der Waals surface area (Å²) >= 11 is 0. The van der Waals surface area contributed by atoms with E-state index in [9.17, 15) is 9.59 Å². The van der Waals surface area contributed by atoms with E-state index in [0.717, 1.165) is 17.7 Å². The van der Waals surface area contributed by atoms with E-state index in [-0.39, 0.29) is 12.2 Å². The van der Waals surface area contributed by atoms with E-state index in [1.807, 2.05) is 30.3 Å². The Balaban J connectivity index is 2.45. The summed E-state index contributed by atoms with van der Waals surface area (Å²) in [6.45, 7) is 3.55. The van der Waals surface area contributed by atoms with Crippen molar-refractivity contribution in [2.75, 3.05) is 0 Å². The summed E-state index contributed by atoms with van der Waals surface area (Å²) in [6.07, 6.45) is 1.95. The standard InChI is InChI=1S/C13H12O4/c1-10(7-8-12(14)15)13(16)17-9-11-5-3-2-4-6-11/h2-8H,1,9H2,(H,14,15). The van der Waals surface area contributed by atoms with Crippen molar-refractivity contribution in [2.24, 2.45) is 0 Å². The van der Waals surface area contributed by atoms with Crippen molar-refractivity contribution >= 4 is 11.9 Å². The number of aliphatic carboxylic acids is 1. The Bertz CT molecular complexity index is 446. The molecule has 1 N–H and O–H groups in total. The third kappa shape index (κ3) is 4.79. The molecular formula is C13H12O4. The molecule has 0 aliphatic rings. The molecule has 0 radical (unpaired) electrons. The normalized spacial score (nSPS) is 10.1. The van der Waals surface area contributed by atoms with E-state index in [4.69, 9.17) is 9.84 Å². The largest absolute Gasteiger partial charge is 0.478 e. The van der Waals surface area contributed by atoms with Gasteiger partial charge in [0.25, 0.3) is 0 Å². The number of benzene rings is 1. The first-order valence-corrected chi connectivity index (χ1v) is 4.90. The summed E-state index contributed by atoms with van der Waals surface area (Å²) in [5.41, 5.74) is 0.860. The summed E-state index contributed by atoms with van der Waals surface area (Å²) < 4.78 is 4.94. The second-order valence-corrected chi connectivity index (χ2v) is 3.26. The lowest BCUT2D eigenvalue weighted by atomic mass is 10.2. The highest BCUT2D eigenvalue weighted by atomic mass is 16.5. The van der Waals surface area contributed by atoms with Gasteiger partial charge in [-0.25, -0.2) is 9.59 Å². The van der Waals surface area contributed by atoms with Gasteiger partial charge < -0.3 is 9.84 Å². The molecular weight excluding hydrogens is 220 g/mol. The van der Waals surface area contributed by atoms with Crippen molar-refractivity contribution in [3.63, 3.8) is 0 Å². The Morgan fingerprint density at radius 2 is 1.88 bits per heavy atom. The Kier molecular flexibility index (Phi) is 4.69. The smallest absolute Gasteiger partial charge is 0.337 e. The molecule has 1 aromatic carbocycles. The molecule has 0 unspecified atom stereocenters. The van der Waals surface area contributed by atoms with E-state index in [1.165, 1.54) is 0 Å². The maximum absolute atomic E-state index is 11.4. The quantitative estimate of drug-likeness (QED) is 0.478. The van der Waals surface area contributed by atoms with Gasteiger partial charge in [0.05, 0.1) is 5.57 Å². The van der Waals surface area contributed by atoms with Crippen molar-refractivity contribution in [1.29, 1.82) is 0 Å². The molecule has 17 heavy (non-hydrogen) atoms. The third-order valence-electron chi connectivity index (χ3n) is 1.90. The maximum atomic E-state index is 11.4. The van der Waals surface area contributed by atoms with E-state index >= 15 is 0 Å². The van der Waals surface area contributed by atoms with Crippen molar-refractivity contribution in [3.8, 4) is 0 Å². The molecule has 88 valence electrons. The maximum Gasteiger partial charge on any atom is 0.337 e. The SMILES string of the molecule is C=C(C=CC(=O)O)C(=O)OCc1ccccc1. The molecule has 4 heteroatoms. The fourth-order valence-corrected chi connectivity index (χ4v) is 1.06. The van der Waals surface area contributed by atoms with Crippen LogP contribution >= 0.6 is 0 Å². The minimum absolute atomic E-state index is 0.00308. The molecule has 1 rings (SSSR count). The zero-order valence-electron chi connectivity index (χ0n) is 9.13. The molecule has 0 saturated carbocycles. The minimum atomic E-state index is -1.14. The van der Waals surface area contributed by atoms with Gasteiger partial charge in [-0.3, -0.25) is 0 Å². The van der Waals surface area contributed by atoms with Crippen LogP contribution in [0.2, 0.25) is 0 Å². The number of carboxylic acid groups (broad SMARTS) is 1. The summed E-state index contributed by atoms with van der Waals surface area (Å²) in [5.74, 6) is -1.77. The van der Waals surface area contributed by atoms with Crippen molar-refractivity contribution in [3.05, 3.63) is 60.2 Å². The summed E-state index contributed by atoms with van der Waals surface area (Å²) in [4.78, 5) is 21.6. The fourth-order valence-electron chi connectivity index (χ4n) is 1.06. The molecule has 0 aliphatic heterocycles. The van der Waals surface area contributed by atoms with E-state index < -0.39 is 11.9 Å². The molecule has 0 aromatic heterocycles. The average molecular weight is 232 g/mol. The fraction of sp³-hybridized carbons (Fsp3) is 0.0769. The number of hydrogen-bond acceptors (Lipinski definition) is 3. The van der Waals surface area contributed by atoms with Gasteiger partial charge in [-0.15, -0.1) is 0 Å². The third-order valence-corrected chi connectivity index (χ3v) is 1.90. The van der Waals surface area contributed by atoms with Crippen LogP contribution < -0.4 is 0 Å². The monoisotopic (exact) mass is 232 g/mol. The topological polar surface area (TPSA) is 63.6 Å². The number of esters is 1. The zero-order chi connectivity index (χ0) is 12.7. The minimum Gasteiger partial charge on any atom is -0.478 e. The second-order valence-electron chi connectivity index (χ2n) is 3.26. The lowest BCUT2D eigenvalue weighted by molar-refractivity contribution is -0.139. The number of hydrogen-bond donors (Lipinski definition) is 1. The van der Waals surface area contributed by atoms with Gasteiger partial charge >= 0.3 is 11.9 Å². The first kappa shape index (κ1) is 12.7.